The molecule has 1 saturated heterocycles. The third-order valence-electron chi connectivity index (χ3n) is 6.23. The molecule has 37 heavy (non-hydrogen) atoms. The average Bonchev–Trinajstić information content (AvgIpc) is 3.48. The molecule has 0 bridgehead atoms. The van der Waals surface area contributed by atoms with E-state index in [1.54, 1.807) is 43.5 Å². The molecular formula is C26H25Cl2N5O4. The van der Waals surface area contributed by atoms with Gasteiger partial charge in [-0.1, -0.05) is 29.3 Å². The van der Waals surface area contributed by atoms with Crippen LogP contribution in [-0.4, -0.2) is 48.4 Å². The number of benzene rings is 2. The number of carbonyl (C=O) groups excluding carboxylic acids is 3. The van der Waals surface area contributed by atoms with Gasteiger partial charge in [0.05, 0.1) is 13.2 Å². The first-order chi connectivity index (χ1) is 17.8. The zero-order valence-corrected chi connectivity index (χ0v) is 21.4. The highest BCUT2D eigenvalue weighted by atomic mass is 35.5. The van der Waals surface area contributed by atoms with E-state index in [2.05, 4.69) is 20.9 Å². The lowest BCUT2D eigenvalue weighted by Gasteiger charge is -2.21. The first-order valence-corrected chi connectivity index (χ1v) is 12.4. The van der Waals surface area contributed by atoms with Crippen molar-refractivity contribution in [1.29, 1.82) is 5.26 Å². The minimum absolute atomic E-state index is 0.0729. The number of ether oxygens (including phenoxy) is 1. The van der Waals surface area contributed by atoms with Crippen molar-refractivity contribution in [1.82, 2.24) is 20.9 Å². The number of H-pyrrole nitrogens is 1. The second kappa shape index (κ2) is 11.5. The molecule has 1 aliphatic rings. The fraction of sp³-hybridized carbons (Fsp3) is 0.308. The Morgan fingerprint density at radius 2 is 1.95 bits per heavy atom. The van der Waals surface area contributed by atoms with Crippen LogP contribution in [-0.2, 0) is 16.0 Å². The average molecular weight is 542 g/mol. The predicted molar refractivity (Wildman–Crippen MR) is 140 cm³/mol. The first kappa shape index (κ1) is 26.3. The normalized spacial score (nSPS) is 16.5. The van der Waals surface area contributed by atoms with E-state index in [4.69, 9.17) is 27.9 Å². The number of fused-ring (bicyclic) bond motifs is 1. The van der Waals surface area contributed by atoms with Crippen LogP contribution in [0, 0.1) is 17.2 Å². The second-order valence-corrected chi connectivity index (χ2v) is 9.69. The monoisotopic (exact) mass is 541 g/mol. The predicted octanol–water partition coefficient (Wildman–Crippen LogP) is 3.36. The van der Waals surface area contributed by atoms with Gasteiger partial charge in [-0.15, -0.1) is 0 Å². The molecule has 9 nitrogen and oxygen atoms in total. The maximum Gasteiger partial charge on any atom is 0.268 e. The van der Waals surface area contributed by atoms with E-state index in [0.717, 1.165) is 5.39 Å². The van der Waals surface area contributed by atoms with Gasteiger partial charge in [0.2, 0.25) is 11.8 Å². The Labute approximate surface area is 223 Å². The van der Waals surface area contributed by atoms with Crippen molar-refractivity contribution in [2.75, 3.05) is 13.7 Å². The number of carbonyl (C=O) groups is 3. The summed E-state index contributed by atoms with van der Waals surface area (Å²) in [5, 5.41) is 19.3. The maximum absolute atomic E-state index is 13.3. The van der Waals surface area contributed by atoms with Crippen molar-refractivity contribution in [3.05, 3.63) is 63.8 Å². The molecule has 0 saturated carbocycles. The number of nitrogens with zero attached hydrogens (tertiary/aromatic N) is 1. The third-order valence-corrected chi connectivity index (χ3v) is 6.66. The van der Waals surface area contributed by atoms with Crippen LogP contribution in [0.4, 0.5) is 0 Å². The smallest absolute Gasteiger partial charge is 0.268 e. The Balaban J connectivity index is 1.56. The van der Waals surface area contributed by atoms with Gasteiger partial charge in [-0.05, 0) is 54.8 Å². The zero-order valence-electron chi connectivity index (χ0n) is 19.9. The lowest BCUT2D eigenvalue weighted by molar-refractivity contribution is -0.125. The van der Waals surface area contributed by atoms with E-state index >= 15 is 0 Å². The first-order valence-electron chi connectivity index (χ1n) is 11.7. The number of hydrogen-bond donors (Lipinski definition) is 4. The zero-order chi connectivity index (χ0) is 26.5. The van der Waals surface area contributed by atoms with Gasteiger partial charge < -0.3 is 25.7 Å². The molecule has 4 N–H and O–H groups in total. The number of methoxy groups -OCH3 is 1. The summed E-state index contributed by atoms with van der Waals surface area (Å²) in [7, 11) is 1.54. The number of nitriles is 1. The molecule has 2 aromatic carbocycles. The minimum atomic E-state index is -1.05. The Kier molecular flexibility index (Phi) is 8.21. The van der Waals surface area contributed by atoms with Gasteiger partial charge in [0.25, 0.3) is 5.91 Å². The molecular weight excluding hydrogens is 517 g/mol. The van der Waals surface area contributed by atoms with Crippen molar-refractivity contribution in [2.24, 2.45) is 5.92 Å². The molecule has 11 heteroatoms. The molecule has 0 unspecified atom stereocenters. The second-order valence-electron chi connectivity index (χ2n) is 8.81. The number of amides is 3. The number of rotatable bonds is 9. The lowest BCUT2D eigenvalue weighted by Crippen LogP contribution is -2.51. The molecule has 192 valence electrons. The topological polar surface area (TPSA) is 136 Å². The summed E-state index contributed by atoms with van der Waals surface area (Å²) in [6.45, 7) is 0.541. The molecule has 2 heterocycles. The van der Waals surface area contributed by atoms with Gasteiger partial charge in [-0.2, -0.15) is 5.26 Å². The van der Waals surface area contributed by atoms with E-state index in [9.17, 15) is 19.6 Å². The van der Waals surface area contributed by atoms with E-state index in [0.29, 0.717) is 39.8 Å². The van der Waals surface area contributed by atoms with Gasteiger partial charge >= 0.3 is 0 Å². The van der Waals surface area contributed by atoms with Crippen molar-refractivity contribution in [3.63, 3.8) is 0 Å². The van der Waals surface area contributed by atoms with Crippen molar-refractivity contribution in [3.8, 4) is 11.8 Å². The number of halogens is 2. The molecule has 1 fully saturated rings. The van der Waals surface area contributed by atoms with Crippen molar-refractivity contribution >= 4 is 51.8 Å². The molecule has 3 aromatic rings. The van der Waals surface area contributed by atoms with E-state index < -0.39 is 23.9 Å². The highest BCUT2D eigenvalue weighted by Crippen LogP contribution is 2.26. The molecule has 4 rings (SSSR count). The van der Waals surface area contributed by atoms with Gasteiger partial charge in [-0.3, -0.25) is 14.4 Å². The number of aromatic amines is 1. The van der Waals surface area contributed by atoms with Crippen LogP contribution in [0.2, 0.25) is 10.0 Å². The summed E-state index contributed by atoms with van der Waals surface area (Å²) in [6.07, 6.45) is 0.848. The summed E-state index contributed by atoms with van der Waals surface area (Å²) in [5.41, 5.74) is 1.56. The summed E-state index contributed by atoms with van der Waals surface area (Å²) < 4.78 is 5.36. The highest BCUT2D eigenvalue weighted by Gasteiger charge is 2.30. The maximum atomic E-state index is 13.3. The van der Waals surface area contributed by atoms with Crippen molar-refractivity contribution in [2.45, 2.75) is 31.3 Å². The Morgan fingerprint density at radius 1 is 1.19 bits per heavy atom. The van der Waals surface area contributed by atoms with Gasteiger partial charge in [0.1, 0.15) is 23.5 Å². The lowest BCUT2D eigenvalue weighted by atomic mass is 9.98. The van der Waals surface area contributed by atoms with Crippen LogP contribution >= 0.6 is 23.2 Å². The largest absolute Gasteiger partial charge is 0.496 e. The minimum Gasteiger partial charge on any atom is -0.496 e. The van der Waals surface area contributed by atoms with Crippen LogP contribution in [0.3, 0.4) is 0 Å². The molecule has 1 aromatic heterocycles. The SMILES string of the molecule is COc1cccc2[nH]c(C(=O)N[C@@H](Cc3cc(Cl)cc(Cl)c3)C(=O)N[C@H](C#N)C[C@@H]3CCNC3=O)cc12. The summed E-state index contributed by atoms with van der Waals surface area (Å²) in [6, 6.07) is 12.0. The van der Waals surface area contributed by atoms with E-state index in [1.807, 2.05) is 12.1 Å². The van der Waals surface area contributed by atoms with Crippen LogP contribution in [0.25, 0.3) is 10.9 Å². The van der Waals surface area contributed by atoms with Crippen LogP contribution in [0.1, 0.15) is 28.9 Å². The summed E-state index contributed by atoms with van der Waals surface area (Å²) >= 11 is 12.3. The van der Waals surface area contributed by atoms with Gasteiger partial charge in [-0.25, -0.2) is 0 Å². The van der Waals surface area contributed by atoms with Crippen LogP contribution in [0.15, 0.2) is 42.5 Å². The van der Waals surface area contributed by atoms with Crippen LogP contribution in [0.5, 0.6) is 5.75 Å². The van der Waals surface area contributed by atoms with Gasteiger partial charge in [0.15, 0.2) is 0 Å². The molecule has 0 aliphatic carbocycles. The fourth-order valence-electron chi connectivity index (χ4n) is 4.41. The summed E-state index contributed by atoms with van der Waals surface area (Å²) in [5.74, 6) is -0.977. The Hall–Kier alpha value is -3.74. The molecule has 1 aliphatic heterocycles. The third kappa shape index (κ3) is 6.34. The van der Waals surface area contributed by atoms with E-state index in [-0.39, 0.29) is 30.4 Å². The molecule has 3 amide bonds. The Morgan fingerprint density at radius 3 is 2.59 bits per heavy atom. The van der Waals surface area contributed by atoms with Crippen LogP contribution < -0.4 is 20.7 Å². The standard InChI is InChI=1S/C26H25Cl2N5O4/c1-37-23-4-2-3-20-19(23)12-22(32-20)26(36)33-21(9-14-7-16(27)11-17(28)8-14)25(35)31-18(13-29)10-15-5-6-30-24(15)34/h2-4,7-8,11-12,15,18,21,32H,5-6,9-10H2,1H3,(H,30,34)(H,31,35)(H,33,36)/t15-,18-,21-/m0/s1. The molecule has 0 spiro atoms. The Bertz CT molecular complexity index is 1360. The molecule has 0 radical (unpaired) electrons. The number of nitrogens with one attached hydrogen (secondary N) is 4. The van der Waals surface area contributed by atoms with Crippen molar-refractivity contribution < 1.29 is 19.1 Å². The molecule has 3 atom stereocenters. The van der Waals surface area contributed by atoms with E-state index in [1.165, 1.54) is 0 Å². The highest BCUT2D eigenvalue weighted by molar-refractivity contribution is 6.34. The summed E-state index contributed by atoms with van der Waals surface area (Å²) in [4.78, 5) is 41.5. The quantitative estimate of drug-likeness (QED) is 0.329. The number of aromatic nitrogens is 1. The van der Waals surface area contributed by atoms with Gasteiger partial charge in [0, 0.05) is 39.8 Å². The number of hydrogen-bond acceptors (Lipinski definition) is 5. The fourth-order valence-corrected chi connectivity index (χ4v) is 4.98.